The molecule has 2 aliphatic heterocycles. The molecular formula is C36H39N5O5. The van der Waals surface area contributed by atoms with Gasteiger partial charge in [-0.2, -0.15) is 0 Å². The third-order valence-corrected chi connectivity index (χ3v) is 8.69. The highest BCUT2D eigenvalue weighted by Gasteiger charge is 2.46. The molecule has 4 aromatic rings. The SMILES string of the molecule is COc1ccc2cc1/C=C\NC(=O)C(Cc1ccccc1)NC(=O)C1C(CCN1C(=O)C(Cc1cc3ccccc3[nH]1)N(C)C)O2. The number of benzene rings is 3. The highest BCUT2D eigenvalue weighted by molar-refractivity contribution is 5.94. The summed E-state index contributed by atoms with van der Waals surface area (Å²) in [5.74, 6) is 0.146. The van der Waals surface area contributed by atoms with E-state index in [1.165, 1.54) is 6.20 Å². The second kappa shape index (κ2) is 13.5. The second-order valence-corrected chi connectivity index (χ2v) is 12.0. The molecule has 1 aromatic heterocycles. The molecule has 238 valence electrons. The molecule has 1 saturated heterocycles. The van der Waals surface area contributed by atoms with Gasteiger partial charge in [0.25, 0.3) is 0 Å². The molecule has 1 fully saturated rings. The lowest BCUT2D eigenvalue weighted by molar-refractivity contribution is -0.144. The zero-order valence-electron chi connectivity index (χ0n) is 26.2. The predicted octanol–water partition coefficient (Wildman–Crippen LogP) is 3.53. The van der Waals surface area contributed by atoms with Gasteiger partial charge in [0.2, 0.25) is 17.7 Å². The molecule has 2 aliphatic rings. The minimum atomic E-state index is -0.956. The first kappa shape index (κ1) is 30.9. The van der Waals surface area contributed by atoms with Crippen molar-refractivity contribution in [3.05, 3.63) is 102 Å². The van der Waals surface area contributed by atoms with Crippen LogP contribution in [0, 0.1) is 0 Å². The van der Waals surface area contributed by atoms with Crippen LogP contribution in [0.15, 0.2) is 85.1 Å². The molecule has 0 radical (unpaired) electrons. The van der Waals surface area contributed by atoms with Crippen LogP contribution < -0.4 is 20.1 Å². The van der Waals surface area contributed by atoms with Crippen LogP contribution in [0.2, 0.25) is 0 Å². The first-order valence-corrected chi connectivity index (χ1v) is 15.5. The quantitative estimate of drug-likeness (QED) is 0.291. The first-order chi connectivity index (χ1) is 22.3. The van der Waals surface area contributed by atoms with Crippen molar-refractivity contribution in [3.8, 4) is 11.5 Å². The van der Waals surface area contributed by atoms with E-state index < -0.39 is 30.1 Å². The minimum absolute atomic E-state index is 0.180. The second-order valence-electron chi connectivity index (χ2n) is 12.0. The van der Waals surface area contributed by atoms with E-state index in [1.807, 2.05) is 73.6 Å². The first-order valence-electron chi connectivity index (χ1n) is 15.5. The average Bonchev–Trinajstić information content (AvgIpc) is 3.67. The molecule has 0 spiro atoms. The van der Waals surface area contributed by atoms with Crippen molar-refractivity contribution in [1.82, 2.24) is 25.4 Å². The lowest BCUT2D eigenvalue weighted by Gasteiger charge is -2.33. The van der Waals surface area contributed by atoms with Gasteiger partial charge in [0.15, 0.2) is 0 Å². The van der Waals surface area contributed by atoms with Crippen LogP contribution in [0.4, 0.5) is 0 Å². The molecule has 3 heterocycles. The van der Waals surface area contributed by atoms with Crippen LogP contribution in [-0.2, 0) is 27.2 Å². The fourth-order valence-corrected chi connectivity index (χ4v) is 6.30. The van der Waals surface area contributed by atoms with Crippen LogP contribution in [0.1, 0.15) is 23.2 Å². The number of nitrogens with zero attached hydrogens (tertiary/aromatic N) is 2. The molecule has 46 heavy (non-hydrogen) atoms. The number of aromatic nitrogens is 1. The predicted molar refractivity (Wildman–Crippen MR) is 176 cm³/mol. The highest BCUT2D eigenvalue weighted by atomic mass is 16.5. The summed E-state index contributed by atoms with van der Waals surface area (Å²) in [4.78, 5) is 49.0. The normalized spacial score (nSPS) is 21.2. The van der Waals surface area contributed by atoms with Crippen LogP contribution in [0.3, 0.4) is 0 Å². The zero-order valence-corrected chi connectivity index (χ0v) is 26.2. The molecule has 3 N–H and O–H groups in total. The molecule has 4 atom stereocenters. The van der Waals surface area contributed by atoms with Gasteiger partial charge in [0.1, 0.15) is 29.7 Å². The molecule has 0 aliphatic carbocycles. The van der Waals surface area contributed by atoms with E-state index in [2.05, 4.69) is 21.7 Å². The molecule has 10 heteroatoms. The van der Waals surface area contributed by atoms with E-state index in [0.717, 1.165) is 22.2 Å². The van der Waals surface area contributed by atoms with Crippen molar-refractivity contribution < 1.29 is 23.9 Å². The maximum atomic E-state index is 14.4. The number of methoxy groups -OCH3 is 1. The number of carbonyl (C=O) groups excluding carboxylic acids is 3. The molecule has 4 unspecified atom stereocenters. The number of rotatable bonds is 7. The van der Waals surface area contributed by atoms with Crippen LogP contribution >= 0.6 is 0 Å². The summed E-state index contributed by atoms with van der Waals surface area (Å²) < 4.78 is 12.0. The number of nitrogens with one attached hydrogen (secondary N) is 3. The number of ether oxygens (including phenoxy) is 2. The van der Waals surface area contributed by atoms with Gasteiger partial charge in [-0.3, -0.25) is 19.3 Å². The Hall–Kier alpha value is -5.09. The molecule has 3 amide bonds. The van der Waals surface area contributed by atoms with E-state index in [4.69, 9.17) is 9.47 Å². The largest absolute Gasteiger partial charge is 0.496 e. The Morgan fingerprint density at radius 1 is 1.02 bits per heavy atom. The Morgan fingerprint density at radius 2 is 1.80 bits per heavy atom. The minimum Gasteiger partial charge on any atom is -0.496 e. The van der Waals surface area contributed by atoms with Crippen LogP contribution in [-0.4, -0.2) is 84.5 Å². The van der Waals surface area contributed by atoms with E-state index >= 15 is 0 Å². The summed E-state index contributed by atoms with van der Waals surface area (Å²) in [6, 6.07) is 22.5. The average molecular weight is 622 g/mol. The van der Waals surface area contributed by atoms with Gasteiger partial charge in [0, 0.05) is 48.8 Å². The van der Waals surface area contributed by atoms with Gasteiger partial charge in [-0.1, -0.05) is 48.5 Å². The number of carbonyl (C=O) groups is 3. The number of likely N-dealkylation sites (tertiary alicyclic amines) is 1. The number of hydrogen-bond acceptors (Lipinski definition) is 6. The summed E-state index contributed by atoms with van der Waals surface area (Å²) in [7, 11) is 5.31. The maximum absolute atomic E-state index is 14.4. The Labute approximate surface area is 268 Å². The number of amides is 3. The van der Waals surface area contributed by atoms with Crippen molar-refractivity contribution in [2.24, 2.45) is 0 Å². The number of hydrogen-bond donors (Lipinski definition) is 3. The van der Waals surface area contributed by atoms with E-state index in [1.54, 1.807) is 36.3 Å². The monoisotopic (exact) mass is 621 g/mol. The molecule has 2 bridgehead atoms. The van der Waals surface area contributed by atoms with Gasteiger partial charge < -0.3 is 30.0 Å². The fourth-order valence-electron chi connectivity index (χ4n) is 6.30. The van der Waals surface area contributed by atoms with Crippen molar-refractivity contribution >= 4 is 34.7 Å². The van der Waals surface area contributed by atoms with Crippen molar-refractivity contribution in [1.29, 1.82) is 0 Å². The number of likely N-dealkylation sites (N-methyl/N-ethyl adjacent to an activating group) is 1. The van der Waals surface area contributed by atoms with E-state index in [0.29, 0.717) is 36.4 Å². The number of aromatic amines is 1. The lowest BCUT2D eigenvalue weighted by Crippen LogP contribution is -2.59. The molecule has 3 aromatic carbocycles. The van der Waals surface area contributed by atoms with Crippen LogP contribution in [0.25, 0.3) is 17.0 Å². The van der Waals surface area contributed by atoms with Gasteiger partial charge in [-0.15, -0.1) is 0 Å². The van der Waals surface area contributed by atoms with E-state index in [9.17, 15) is 14.4 Å². The van der Waals surface area contributed by atoms with Crippen molar-refractivity contribution in [2.75, 3.05) is 27.7 Å². The fraction of sp³-hybridized carbons (Fsp3) is 0.306. The van der Waals surface area contributed by atoms with Crippen LogP contribution in [0.5, 0.6) is 11.5 Å². The highest BCUT2D eigenvalue weighted by Crippen LogP contribution is 2.30. The number of para-hydroxylation sites is 1. The van der Waals surface area contributed by atoms with Crippen molar-refractivity contribution in [3.63, 3.8) is 0 Å². The third-order valence-electron chi connectivity index (χ3n) is 8.69. The topological polar surface area (TPSA) is 116 Å². The lowest BCUT2D eigenvalue weighted by atomic mass is 10.0. The Morgan fingerprint density at radius 3 is 2.57 bits per heavy atom. The molecule has 10 nitrogen and oxygen atoms in total. The smallest absolute Gasteiger partial charge is 0.247 e. The molecule has 6 rings (SSSR count). The Kier molecular flexibility index (Phi) is 9.07. The molecule has 0 saturated carbocycles. The Bertz CT molecular complexity index is 1720. The van der Waals surface area contributed by atoms with Gasteiger partial charge >= 0.3 is 0 Å². The Balaban J connectivity index is 1.33. The standard InChI is InChI=1S/C36H39N5O5/c1-40(2)30(22-26-20-24-11-7-8-12-28(24)38-26)36(44)41-18-16-32-33(41)35(43)39-29(19-23-9-5-4-6-10-23)34(42)37-17-15-25-21-27(46-32)13-14-31(25)45-3/h4-15,17,20-21,29-30,32-33,38H,16,18-19,22H2,1-3H3,(H,37,42)(H,39,43)/b17-15-. The molecular weight excluding hydrogens is 582 g/mol. The van der Waals surface area contributed by atoms with E-state index in [-0.39, 0.29) is 18.2 Å². The zero-order chi connectivity index (χ0) is 32.2. The summed E-state index contributed by atoms with van der Waals surface area (Å²) >= 11 is 0. The summed E-state index contributed by atoms with van der Waals surface area (Å²) in [6.45, 7) is 0.330. The van der Waals surface area contributed by atoms with Crippen molar-refractivity contribution in [2.45, 2.75) is 43.5 Å². The van der Waals surface area contributed by atoms with Gasteiger partial charge in [0.05, 0.1) is 13.2 Å². The summed E-state index contributed by atoms with van der Waals surface area (Å²) in [5, 5.41) is 6.86. The summed E-state index contributed by atoms with van der Waals surface area (Å²) in [6.07, 6.45) is 3.79. The summed E-state index contributed by atoms with van der Waals surface area (Å²) in [5.41, 5.74) is 3.52. The van der Waals surface area contributed by atoms with Gasteiger partial charge in [-0.05, 0) is 61.5 Å². The van der Waals surface area contributed by atoms with Gasteiger partial charge in [-0.25, -0.2) is 0 Å². The maximum Gasteiger partial charge on any atom is 0.247 e. The number of H-pyrrole nitrogens is 1. The number of fused-ring (bicyclic) bond motifs is 4. The third kappa shape index (κ3) is 6.62.